The summed E-state index contributed by atoms with van der Waals surface area (Å²) in [4.78, 5) is 15.6. The van der Waals surface area contributed by atoms with Crippen LogP contribution in [0.25, 0.3) is 0 Å². The molecule has 0 aliphatic rings. The number of esters is 1. The van der Waals surface area contributed by atoms with Crippen LogP contribution in [0.4, 0.5) is 5.69 Å². The highest BCUT2D eigenvalue weighted by molar-refractivity contribution is 9.10. The lowest BCUT2D eigenvalue weighted by molar-refractivity contribution is 0.0593. The van der Waals surface area contributed by atoms with Gasteiger partial charge in [-0.15, -0.1) is 0 Å². The maximum atomic E-state index is 11.6. The van der Waals surface area contributed by atoms with E-state index in [1.165, 1.54) is 7.11 Å². The Bertz CT molecular complexity index is 680. The van der Waals surface area contributed by atoms with Gasteiger partial charge in [0.15, 0.2) is 5.69 Å². The molecule has 2 aromatic rings. The van der Waals surface area contributed by atoms with E-state index in [4.69, 9.17) is 23.2 Å². The van der Waals surface area contributed by atoms with Crippen molar-refractivity contribution in [1.29, 1.82) is 0 Å². The van der Waals surface area contributed by atoms with Crippen LogP contribution in [-0.2, 0) is 11.3 Å². The van der Waals surface area contributed by atoms with Crippen LogP contribution in [0.15, 0.2) is 34.8 Å². The fourth-order valence-corrected chi connectivity index (χ4v) is 2.59. The van der Waals surface area contributed by atoms with Crippen LogP contribution in [0, 0.1) is 0 Å². The summed E-state index contributed by atoms with van der Waals surface area (Å²) < 4.78 is 5.16. The van der Waals surface area contributed by atoms with Crippen LogP contribution in [0.2, 0.25) is 10.2 Å². The molecule has 0 bridgehead atoms. The van der Waals surface area contributed by atoms with E-state index >= 15 is 0 Å². The van der Waals surface area contributed by atoms with E-state index in [-0.39, 0.29) is 10.8 Å². The minimum absolute atomic E-state index is 0.117. The topological polar surface area (TPSA) is 51.2 Å². The molecule has 0 saturated heterocycles. The van der Waals surface area contributed by atoms with Crippen LogP contribution in [0.5, 0.6) is 0 Å². The van der Waals surface area contributed by atoms with Crippen LogP contribution in [0.1, 0.15) is 16.1 Å². The molecule has 4 nitrogen and oxygen atoms in total. The number of methoxy groups -OCH3 is 1. The number of hydrogen-bond donors (Lipinski definition) is 1. The van der Waals surface area contributed by atoms with Gasteiger partial charge in [-0.05, 0) is 33.6 Å². The Labute approximate surface area is 140 Å². The maximum absolute atomic E-state index is 11.6. The van der Waals surface area contributed by atoms with E-state index < -0.39 is 5.97 Å². The zero-order chi connectivity index (χ0) is 15.4. The van der Waals surface area contributed by atoms with Gasteiger partial charge in [-0.2, -0.15) is 0 Å². The first-order valence-electron chi connectivity index (χ1n) is 5.94. The molecule has 0 unspecified atom stereocenters. The van der Waals surface area contributed by atoms with Crippen molar-refractivity contribution in [3.8, 4) is 0 Å². The van der Waals surface area contributed by atoms with Crippen LogP contribution in [-0.4, -0.2) is 18.1 Å². The summed E-state index contributed by atoms with van der Waals surface area (Å²) in [6.07, 6.45) is 0. The lowest BCUT2D eigenvalue weighted by atomic mass is 10.2. The Kier molecular flexibility index (Phi) is 5.45. The Morgan fingerprint density at radius 2 is 2.10 bits per heavy atom. The normalized spacial score (nSPS) is 10.3. The molecule has 0 radical (unpaired) electrons. The van der Waals surface area contributed by atoms with Crippen molar-refractivity contribution < 1.29 is 9.53 Å². The summed E-state index contributed by atoms with van der Waals surface area (Å²) in [6.45, 7) is 0.485. The number of halogens is 3. The molecule has 7 heteroatoms. The average molecular weight is 390 g/mol. The van der Waals surface area contributed by atoms with Gasteiger partial charge >= 0.3 is 5.97 Å². The Morgan fingerprint density at radius 3 is 2.76 bits per heavy atom. The molecule has 0 fully saturated rings. The van der Waals surface area contributed by atoms with Gasteiger partial charge < -0.3 is 10.1 Å². The summed E-state index contributed by atoms with van der Waals surface area (Å²) in [7, 11) is 1.29. The second-order valence-corrected chi connectivity index (χ2v) is 5.68. The molecule has 0 amide bonds. The lowest BCUT2D eigenvalue weighted by Crippen LogP contribution is -2.09. The second kappa shape index (κ2) is 7.11. The van der Waals surface area contributed by atoms with Crippen molar-refractivity contribution >= 4 is 50.8 Å². The van der Waals surface area contributed by atoms with Gasteiger partial charge in [0.25, 0.3) is 0 Å². The Balaban J connectivity index is 2.26. The third-order valence-corrected chi connectivity index (χ3v) is 4.10. The quantitative estimate of drug-likeness (QED) is 0.615. The third-order valence-electron chi connectivity index (χ3n) is 2.73. The first-order valence-corrected chi connectivity index (χ1v) is 7.49. The fourth-order valence-electron chi connectivity index (χ4n) is 1.69. The molecule has 0 aliphatic heterocycles. The highest BCUT2D eigenvalue weighted by Crippen LogP contribution is 2.29. The molecule has 0 saturated carbocycles. The molecule has 1 N–H and O–H groups in total. The number of benzene rings is 1. The van der Waals surface area contributed by atoms with Crippen LogP contribution >= 0.6 is 39.1 Å². The van der Waals surface area contributed by atoms with Gasteiger partial charge in [-0.25, -0.2) is 9.78 Å². The van der Waals surface area contributed by atoms with Crippen molar-refractivity contribution in [2.75, 3.05) is 12.4 Å². The number of ether oxygens (including phenoxy) is 1. The molecule has 1 aromatic heterocycles. The monoisotopic (exact) mass is 388 g/mol. The van der Waals surface area contributed by atoms with Gasteiger partial charge in [0.2, 0.25) is 0 Å². The molecule has 0 atom stereocenters. The Hall–Kier alpha value is -1.30. The molecular formula is C14H11BrCl2N2O2. The summed E-state index contributed by atoms with van der Waals surface area (Å²) >= 11 is 15.4. The first kappa shape index (κ1) is 16.1. The van der Waals surface area contributed by atoms with Crippen molar-refractivity contribution in [1.82, 2.24) is 4.98 Å². The maximum Gasteiger partial charge on any atom is 0.357 e. The Morgan fingerprint density at radius 1 is 1.38 bits per heavy atom. The van der Waals surface area contributed by atoms with E-state index in [0.29, 0.717) is 21.7 Å². The van der Waals surface area contributed by atoms with Gasteiger partial charge in [-0.1, -0.05) is 41.4 Å². The predicted molar refractivity (Wildman–Crippen MR) is 87.1 cm³/mol. The smallest absolute Gasteiger partial charge is 0.357 e. The standard InChI is InChI=1S/C14H11BrCl2N2O2/c1-21-14(20)13-12(15)10(6-11(17)19-13)18-7-8-4-2-3-5-9(8)16/h2-6H,7H2,1H3,(H,18,19). The number of carbonyl (C=O) groups is 1. The number of carbonyl (C=O) groups excluding carboxylic acids is 1. The van der Waals surface area contributed by atoms with Crippen LogP contribution < -0.4 is 5.32 Å². The zero-order valence-electron chi connectivity index (χ0n) is 11.0. The summed E-state index contributed by atoms with van der Waals surface area (Å²) in [5.41, 5.74) is 1.68. The number of pyridine rings is 1. The van der Waals surface area contributed by atoms with E-state index in [2.05, 4.69) is 31.0 Å². The molecule has 1 aromatic carbocycles. The van der Waals surface area contributed by atoms with E-state index in [0.717, 1.165) is 5.56 Å². The SMILES string of the molecule is COC(=O)c1nc(Cl)cc(NCc2ccccc2Cl)c1Br. The van der Waals surface area contributed by atoms with Gasteiger partial charge in [0.05, 0.1) is 17.3 Å². The van der Waals surface area contributed by atoms with E-state index in [1.54, 1.807) is 6.07 Å². The molecule has 21 heavy (non-hydrogen) atoms. The first-order chi connectivity index (χ1) is 10.0. The number of rotatable bonds is 4. The third kappa shape index (κ3) is 3.87. The minimum atomic E-state index is -0.565. The van der Waals surface area contributed by atoms with Gasteiger partial charge in [0, 0.05) is 11.6 Å². The fraction of sp³-hybridized carbons (Fsp3) is 0.143. The number of anilines is 1. The van der Waals surface area contributed by atoms with Crippen molar-refractivity contribution in [2.24, 2.45) is 0 Å². The number of aromatic nitrogens is 1. The number of nitrogens with zero attached hydrogens (tertiary/aromatic N) is 1. The number of hydrogen-bond acceptors (Lipinski definition) is 4. The largest absolute Gasteiger partial charge is 0.464 e. The van der Waals surface area contributed by atoms with E-state index in [1.807, 2.05) is 24.3 Å². The summed E-state index contributed by atoms with van der Waals surface area (Å²) in [5, 5.41) is 4.02. The zero-order valence-corrected chi connectivity index (χ0v) is 14.1. The van der Waals surface area contributed by atoms with Crippen LogP contribution in [0.3, 0.4) is 0 Å². The molecule has 2 rings (SSSR count). The number of nitrogens with one attached hydrogen (secondary N) is 1. The molecule has 0 aliphatic carbocycles. The molecular weight excluding hydrogens is 379 g/mol. The second-order valence-electron chi connectivity index (χ2n) is 4.09. The highest BCUT2D eigenvalue weighted by atomic mass is 79.9. The summed E-state index contributed by atoms with van der Waals surface area (Å²) in [5.74, 6) is -0.565. The average Bonchev–Trinajstić information content (AvgIpc) is 2.48. The minimum Gasteiger partial charge on any atom is -0.464 e. The van der Waals surface area contributed by atoms with Crippen molar-refractivity contribution in [3.05, 3.63) is 56.2 Å². The molecule has 1 heterocycles. The lowest BCUT2D eigenvalue weighted by Gasteiger charge is -2.12. The highest BCUT2D eigenvalue weighted by Gasteiger charge is 2.17. The van der Waals surface area contributed by atoms with Gasteiger partial charge in [0.1, 0.15) is 5.15 Å². The van der Waals surface area contributed by atoms with E-state index in [9.17, 15) is 4.79 Å². The predicted octanol–water partition coefficient (Wildman–Crippen LogP) is 4.55. The summed E-state index contributed by atoms with van der Waals surface area (Å²) in [6, 6.07) is 9.10. The molecule has 110 valence electrons. The van der Waals surface area contributed by atoms with Crippen molar-refractivity contribution in [3.63, 3.8) is 0 Å². The van der Waals surface area contributed by atoms with Gasteiger partial charge in [-0.3, -0.25) is 0 Å². The van der Waals surface area contributed by atoms with Crippen molar-refractivity contribution in [2.45, 2.75) is 6.54 Å². The molecule has 0 spiro atoms.